The molecule has 0 aliphatic heterocycles. The number of aryl methyl sites for hydroxylation is 1. The van der Waals surface area contributed by atoms with Gasteiger partial charge in [0.1, 0.15) is 0 Å². The third-order valence-corrected chi connectivity index (χ3v) is 5.03. The molecule has 0 heterocycles. The van der Waals surface area contributed by atoms with Crippen LogP contribution in [0.5, 0.6) is 0 Å². The molecule has 2 unspecified atom stereocenters. The first kappa shape index (κ1) is 19.6. The third-order valence-electron chi connectivity index (χ3n) is 5.03. The van der Waals surface area contributed by atoms with E-state index in [1.807, 2.05) is 24.3 Å². The second kappa shape index (κ2) is 10.3. The summed E-state index contributed by atoms with van der Waals surface area (Å²) >= 11 is 0. The maximum Gasteiger partial charge on any atom is 0.0684 e. The average Bonchev–Trinajstić information content (AvgIpc) is 2.66. The van der Waals surface area contributed by atoms with Crippen molar-refractivity contribution in [1.29, 1.82) is 0 Å². The quantitative estimate of drug-likeness (QED) is 0.619. The number of rotatable bonds is 10. The van der Waals surface area contributed by atoms with E-state index in [0.29, 0.717) is 5.92 Å². The smallest absolute Gasteiger partial charge is 0.0684 e. The highest BCUT2D eigenvalue weighted by Gasteiger charge is 2.14. The van der Waals surface area contributed by atoms with Crippen LogP contribution in [-0.4, -0.2) is 29.4 Å². The first-order valence-electron chi connectivity index (χ1n) is 9.27. The predicted octanol–water partition coefficient (Wildman–Crippen LogP) is 3.56. The third kappa shape index (κ3) is 5.67. The number of aliphatic hydroxyl groups is 2. The van der Waals surface area contributed by atoms with Crippen LogP contribution < -0.4 is 5.32 Å². The molecule has 2 aromatic carbocycles. The van der Waals surface area contributed by atoms with Gasteiger partial charge in [0.05, 0.1) is 13.2 Å². The van der Waals surface area contributed by atoms with Gasteiger partial charge in [-0.1, -0.05) is 55.5 Å². The molecule has 3 heteroatoms. The number of benzene rings is 2. The van der Waals surface area contributed by atoms with E-state index in [1.165, 1.54) is 16.7 Å². The van der Waals surface area contributed by atoms with Crippen molar-refractivity contribution in [3.8, 4) is 0 Å². The van der Waals surface area contributed by atoms with E-state index in [0.717, 1.165) is 31.4 Å². The van der Waals surface area contributed by atoms with E-state index in [4.69, 9.17) is 0 Å². The van der Waals surface area contributed by atoms with Crippen LogP contribution in [0.1, 0.15) is 47.9 Å². The zero-order valence-corrected chi connectivity index (χ0v) is 15.4. The van der Waals surface area contributed by atoms with Crippen molar-refractivity contribution < 1.29 is 10.2 Å². The summed E-state index contributed by atoms with van der Waals surface area (Å²) < 4.78 is 0. The number of hydrogen-bond donors (Lipinski definition) is 3. The molecule has 0 saturated heterocycles. The molecule has 3 N–H and O–H groups in total. The van der Waals surface area contributed by atoms with Gasteiger partial charge in [-0.25, -0.2) is 0 Å². The normalized spacial score (nSPS) is 13.6. The van der Waals surface area contributed by atoms with Crippen LogP contribution in [0, 0.1) is 6.92 Å². The summed E-state index contributed by atoms with van der Waals surface area (Å²) in [5.74, 6) is 0.425. The Labute approximate surface area is 151 Å². The molecule has 0 radical (unpaired) electrons. The fourth-order valence-corrected chi connectivity index (χ4v) is 3.42. The summed E-state index contributed by atoms with van der Waals surface area (Å²) in [4.78, 5) is 0. The summed E-state index contributed by atoms with van der Waals surface area (Å²) in [7, 11) is 0. The Morgan fingerprint density at radius 3 is 2.28 bits per heavy atom. The summed E-state index contributed by atoms with van der Waals surface area (Å²) in [6, 6.07) is 16.6. The van der Waals surface area contributed by atoms with Gasteiger partial charge >= 0.3 is 0 Å². The second-order valence-electron chi connectivity index (χ2n) is 6.72. The molecular formula is C22H31NO2. The van der Waals surface area contributed by atoms with Crippen LogP contribution in [-0.2, 0) is 13.0 Å². The maximum absolute atomic E-state index is 9.70. The van der Waals surface area contributed by atoms with Gasteiger partial charge in [-0.2, -0.15) is 0 Å². The summed E-state index contributed by atoms with van der Waals surface area (Å²) in [5.41, 5.74) is 4.82. The van der Waals surface area contributed by atoms with Crippen molar-refractivity contribution in [1.82, 2.24) is 5.32 Å². The lowest BCUT2D eigenvalue weighted by Gasteiger charge is -2.22. The molecule has 0 saturated carbocycles. The molecule has 0 amide bonds. The molecule has 0 aliphatic carbocycles. The van der Waals surface area contributed by atoms with E-state index in [9.17, 15) is 10.2 Å². The summed E-state index contributed by atoms with van der Waals surface area (Å²) in [6.45, 7) is 5.39. The molecule has 0 bridgehead atoms. The Kier molecular flexibility index (Phi) is 8.13. The van der Waals surface area contributed by atoms with Gasteiger partial charge in [0.25, 0.3) is 0 Å². The van der Waals surface area contributed by atoms with Crippen LogP contribution >= 0.6 is 0 Å². The lowest BCUT2D eigenvalue weighted by molar-refractivity contribution is 0.240. The minimum atomic E-state index is 0.0756. The molecule has 3 nitrogen and oxygen atoms in total. The summed E-state index contributed by atoms with van der Waals surface area (Å²) in [5, 5.41) is 22.8. The highest BCUT2D eigenvalue weighted by atomic mass is 16.3. The van der Waals surface area contributed by atoms with E-state index in [1.54, 1.807) is 0 Å². The molecule has 2 atom stereocenters. The minimum Gasteiger partial charge on any atom is -0.395 e. The fraction of sp³-hybridized carbons (Fsp3) is 0.455. The first-order chi connectivity index (χ1) is 12.2. The van der Waals surface area contributed by atoms with E-state index >= 15 is 0 Å². The zero-order chi connectivity index (χ0) is 18.1. The Balaban J connectivity index is 1.91. The zero-order valence-electron chi connectivity index (χ0n) is 15.4. The Morgan fingerprint density at radius 1 is 0.960 bits per heavy atom. The monoisotopic (exact) mass is 341 g/mol. The van der Waals surface area contributed by atoms with Gasteiger partial charge in [-0.15, -0.1) is 0 Å². The maximum atomic E-state index is 9.70. The number of hydrogen-bond acceptors (Lipinski definition) is 3. The van der Waals surface area contributed by atoms with Gasteiger partial charge in [0.15, 0.2) is 0 Å². The largest absolute Gasteiger partial charge is 0.395 e. The molecule has 0 aliphatic rings. The SMILES string of the molecule is CCC(CCNC(CO)Cc1ccccc1C)c1ccccc1CO. The second-order valence-corrected chi connectivity index (χ2v) is 6.72. The standard InChI is InChI=1S/C22H31NO2/c1-3-18(22-11-7-6-10-20(22)15-24)12-13-23-21(16-25)14-19-9-5-4-8-17(19)2/h4-11,18,21,23-25H,3,12-16H2,1-2H3. The topological polar surface area (TPSA) is 52.5 Å². The van der Waals surface area contributed by atoms with Crippen molar-refractivity contribution in [2.45, 2.75) is 51.7 Å². The Bertz CT molecular complexity index is 641. The van der Waals surface area contributed by atoms with Crippen molar-refractivity contribution in [3.05, 3.63) is 70.8 Å². The van der Waals surface area contributed by atoms with Crippen LogP contribution in [0.15, 0.2) is 48.5 Å². The predicted molar refractivity (Wildman–Crippen MR) is 104 cm³/mol. The Hall–Kier alpha value is -1.68. The highest BCUT2D eigenvalue weighted by Crippen LogP contribution is 2.26. The van der Waals surface area contributed by atoms with Gasteiger partial charge < -0.3 is 15.5 Å². The van der Waals surface area contributed by atoms with Gasteiger partial charge in [-0.05, 0) is 60.9 Å². The van der Waals surface area contributed by atoms with Gasteiger partial charge in [0.2, 0.25) is 0 Å². The van der Waals surface area contributed by atoms with Crippen molar-refractivity contribution in [2.75, 3.05) is 13.2 Å². The Morgan fingerprint density at radius 2 is 1.64 bits per heavy atom. The molecule has 0 aromatic heterocycles. The molecule has 0 fully saturated rings. The van der Waals surface area contributed by atoms with E-state index in [-0.39, 0.29) is 19.3 Å². The van der Waals surface area contributed by atoms with Crippen molar-refractivity contribution in [2.24, 2.45) is 0 Å². The minimum absolute atomic E-state index is 0.0756. The molecular weight excluding hydrogens is 310 g/mol. The fourth-order valence-electron chi connectivity index (χ4n) is 3.42. The van der Waals surface area contributed by atoms with E-state index in [2.05, 4.69) is 43.4 Å². The molecule has 2 aromatic rings. The van der Waals surface area contributed by atoms with Crippen molar-refractivity contribution >= 4 is 0 Å². The van der Waals surface area contributed by atoms with Crippen LogP contribution in [0.25, 0.3) is 0 Å². The van der Waals surface area contributed by atoms with Gasteiger partial charge in [-0.3, -0.25) is 0 Å². The van der Waals surface area contributed by atoms with Crippen LogP contribution in [0.2, 0.25) is 0 Å². The van der Waals surface area contributed by atoms with Gasteiger partial charge in [0, 0.05) is 6.04 Å². The van der Waals surface area contributed by atoms with Crippen LogP contribution in [0.4, 0.5) is 0 Å². The van der Waals surface area contributed by atoms with Crippen LogP contribution in [0.3, 0.4) is 0 Å². The lowest BCUT2D eigenvalue weighted by atomic mass is 9.89. The lowest BCUT2D eigenvalue weighted by Crippen LogP contribution is -2.35. The average molecular weight is 341 g/mol. The molecule has 0 spiro atoms. The molecule has 136 valence electrons. The molecule has 2 rings (SSSR count). The molecule has 25 heavy (non-hydrogen) atoms. The number of nitrogens with one attached hydrogen (secondary N) is 1. The van der Waals surface area contributed by atoms with Crippen molar-refractivity contribution in [3.63, 3.8) is 0 Å². The number of aliphatic hydroxyl groups excluding tert-OH is 2. The van der Waals surface area contributed by atoms with E-state index < -0.39 is 0 Å². The highest BCUT2D eigenvalue weighted by molar-refractivity contribution is 5.30. The first-order valence-corrected chi connectivity index (χ1v) is 9.27. The summed E-state index contributed by atoms with van der Waals surface area (Å²) in [6.07, 6.45) is 2.88.